The van der Waals surface area contributed by atoms with E-state index in [2.05, 4.69) is 35.9 Å². The average molecular weight is 488 g/mol. The summed E-state index contributed by atoms with van der Waals surface area (Å²) < 4.78 is 0. The normalized spacial score (nSPS) is 10.8. The molecule has 0 aliphatic heterocycles. The number of nitrogens with one attached hydrogen (secondary N) is 3. The molecular weight excluding hydrogens is 469 g/mol. The van der Waals surface area contributed by atoms with Crippen LogP contribution in [0, 0.1) is 0 Å². The molecule has 34 heavy (non-hydrogen) atoms. The summed E-state index contributed by atoms with van der Waals surface area (Å²) in [5.41, 5.74) is 4.63. The van der Waals surface area contributed by atoms with Crippen LogP contribution < -0.4 is 16.0 Å². The number of rotatable bonds is 7. The molecule has 0 saturated carbocycles. The van der Waals surface area contributed by atoms with Crippen LogP contribution in [-0.4, -0.2) is 19.9 Å². The van der Waals surface area contributed by atoms with Crippen LogP contribution in [0.2, 0.25) is 10.3 Å². The third kappa shape index (κ3) is 5.33. The monoisotopic (exact) mass is 487 g/mol. The molecule has 0 fully saturated rings. The van der Waals surface area contributed by atoms with Crippen LogP contribution in [0.5, 0.6) is 0 Å². The van der Waals surface area contributed by atoms with Crippen molar-refractivity contribution in [1.82, 2.24) is 19.9 Å². The standard InChI is InChI=1S/C25H19Cl2N7/c26-17-6-11-20-21(12-13-28-22(20)14-17)30-18-7-9-19(10-8-18)31-25-33-23(27)32-24(34-25)29-15-16-4-2-1-3-5-16/h1-14H,15H2,(H,28,30)(H2,29,31,32,33,34). The summed E-state index contributed by atoms with van der Waals surface area (Å²) in [5.74, 6) is 0.752. The van der Waals surface area contributed by atoms with Gasteiger partial charge in [0.2, 0.25) is 17.2 Å². The molecule has 7 nitrogen and oxygen atoms in total. The molecule has 0 atom stereocenters. The maximum Gasteiger partial charge on any atom is 0.233 e. The number of benzene rings is 3. The van der Waals surface area contributed by atoms with Gasteiger partial charge in [-0.25, -0.2) is 0 Å². The van der Waals surface area contributed by atoms with Crippen LogP contribution in [0.25, 0.3) is 10.9 Å². The van der Waals surface area contributed by atoms with E-state index in [-0.39, 0.29) is 5.28 Å². The molecule has 2 aromatic heterocycles. The van der Waals surface area contributed by atoms with Crippen molar-refractivity contribution in [3.8, 4) is 0 Å². The fraction of sp³-hybridized carbons (Fsp3) is 0.0400. The molecule has 3 N–H and O–H groups in total. The van der Waals surface area contributed by atoms with E-state index in [0.29, 0.717) is 23.5 Å². The van der Waals surface area contributed by atoms with Crippen molar-refractivity contribution < 1.29 is 0 Å². The van der Waals surface area contributed by atoms with E-state index in [1.54, 1.807) is 6.20 Å². The SMILES string of the molecule is Clc1ccc2c(Nc3ccc(Nc4nc(Cl)nc(NCc5ccccc5)n4)cc3)ccnc2c1. The van der Waals surface area contributed by atoms with E-state index in [1.807, 2.05) is 78.9 Å². The zero-order valence-electron chi connectivity index (χ0n) is 17.8. The van der Waals surface area contributed by atoms with Crippen LogP contribution in [0.1, 0.15) is 5.56 Å². The van der Waals surface area contributed by atoms with Gasteiger partial charge in [0.05, 0.1) is 5.52 Å². The van der Waals surface area contributed by atoms with E-state index in [9.17, 15) is 0 Å². The van der Waals surface area contributed by atoms with Gasteiger partial charge in [-0.15, -0.1) is 0 Å². The number of anilines is 5. The van der Waals surface area contributed by atoms with Gasteiger partial charge in [0, 0.05) is 40.2 Å². The molecule has 0 radical (unpaired) electrons. The van der Waals surface area contributed by atoms with Crippen molar-refractivity contribution in [2.75, 3.05) is 16.0 Å². The largest absolute Gasteiger partial charge is 0.355 e. The number of fused-ring (bicyclic) bond motifs is 1. The van der Waals surface area contributed by atoms with Crippen molar-refractivity contribution in [3.63, 3.8) is 0 Å². The van der Waals surface area contributed by atoms with Gasteiger partial charge in [0.15, 0.2) is 0 Å². The lowest BCUT2D eigenvalue weighted by Gasteiger charge is -2.11. The van der Waals surface area contributed by atoms with Crippen LogP contribution in [-0.2, 0) is 6.54 Å². The van der Waals surface area contributed by atoms with Gasteiger partial charge in [-0.05, 0) is 65.7 Å². The fourth-order valence-corrected chi connectivity index (χ4v) is 3.74. The van der Waals surface area contributed by atoms with Crippen molar-refractivity contribution in [2.24, 2.45) is 0 Å². The first-order valence-electron chi connectivity index (χ1n) is 10.5. The summed E-state index contributed by atoms with van der Waals surface area (Å²) in [6.45, 7) is 0.580. The summed E-state index contributed by atoms with van der Waals surface area (Å²) in [7, 11) is 0. The van der Waals surface area contributed by atoms with Gasteiger partial charge >= 0.3 is 0 Å². The highest BCUT2D eigenvalue weighted by molar-refractivity contribution is 6.31. The van der Waals surface area contributed by atoms with E-state index < -0.39 is 0 Å². The highest BCUT2D eigenvalue weighted by Crippen LogP contribution is 2.28. The number of halogens is 2. The summed E-state index contributed by atoms with van der Waals surface area (Å²) in [6, 6.07) is 25.3. The third-order valence-corrected chi connectivity index (χ3v) is 5.43. The van der Waals surface area contributed by atoms with Gasteiger partial charge in [0.1, 0.15) is 0 Å². The molecule has 0 aliphatic carbocycles. The number of hydrogen-bond donors (Lipinski definition) is 3. The Hall–Kier alpha value is -3.94. The van der Waals surface area contributed by atoms with Gasteiger partial charge in [0.25, 0.3) is 0 Å². The number of hydrogen-bond acceptors (Lipinski definition) is 7. The Labute approximate surface area is 206 Å². The van der Waals surface area contributed by atoms with E-state index in [1.165, 1.54) is 0 Å². The van der Waals surface area contributed by atoms with Crippen molar-refractivity contribution in [2.45, 2.75) is 6.54 Å². The Balaban J connectivity index is 1.28. The van der Waals surface area contributed by atoms with E-state index in [0.717, 1.165) is 33.5 Å². The molecule has 5 rings (SSSR count). The molecule has 0 unspecified atom stereocenters. The maximum atomic E-state index is 6.11. The fourth-order valence-electron chi connectivity index (χ4n) is 3.41. The van der Waals surface area contributed by atoms with Gasteiger partial charge < -0.3 is 16.0 Å². The summed E-state index contributed by atoms with van der Waals surface area (Å²) in [5, 5.41) is 11.5. The minimum atomic E-state index is 0.107. The molecule has 0 saturated heterocycles. The smallest absolute Gasteiger partial charge is 0.233 e. The molecule has 0 aliphatic rings. The van der Waals surface area contributed by atoms with Crippen LogP contribution in [0.3, 0.4) is 0 Å². The quantitative estimate of drug-likeness (QED) is 0.232. The lowest BCUT2D eigenvalue weighted by atomic mass is 10.2. The summed E-state index contributed by atoms with van der Waals surface area (Å²) in [6.07, 6.45) is 1.75. The summed E-state index contributed by atoms with van der Waals surface area (Å²) in [4.78, 5) is 17.1. The van der Waals surface area contributed by atoms with Gasteiger partial charge in [-0.1, -0.05) is 41.9 Å². The Morgan fingerprint density at radius 3 is 2.24 bits per heavy atom. The van der Waals surface area contributed by atoms with Crippen LogP contribution in [0.4, 0.5) is 29.0 Å². The Morgan fingerprint density at radius 1 is 0.706 bits per heavy atom. The zero-order valence-corrected chi connectivity index (χ0v) is 19.3. The molecule has 5 aromatic rings. The van der Waals surface area contributed by atoms with Gasteiger partial charge in [-0.2, -0.15) is 15.0 Å². The third-order valence-electron chi connectivity index (χ3n) is 5.03. The molecule has 3 aromatic carbocycles. The Bertz CT molecular complexity index is 1430. The minimum absolute atomic E-state index is 0.107. The Kier molecular flexibility index (Phi) is 6.38. The number of nitrogens with zero attached hydrogens (tertiary/aromatic N) is 4. The first-order valence-corrected chi connectivity index (χ1v) is 11.3. The molecule has 9 heteroatoms. The van der Waals surface area contributed by atoms with Gasteiger partial charge in [-0.3, -0.25) is 4.98 Å². The lowest BCUT2D eigenvalue weighted by molar-refractivity contribution is 1.01. The number of aromatic nitrogens is 4. The Morgan fingerprint density at radius 2 is 1.44 bits per heavy atom. The molecule has 168 valence electrons. The predicted octanol–water partition coefficient (Wildman–Crippen LogP) is 6.83. The van der Waals surface area contributed by atoms with E-state index in [4.69, 9.17) is 23.2 Å². The van der Waals surface area contributed by atoms with Crippen LogP contribution >= 0.6 is 23.2 Å². The molecule has 0 bridgehead atoms. The average Bonchev–Trinajstić information content (AvgIpc) is 2.84. The first-order chi connectivity index (χ1) is 16.6. The molecule has 2 heterocycles. The topological polar surface area (TPSA) is 87.7 Å². The van der Waals surface area contributed by atoms with Crippen molar-refractivity contribution in [1.29, 1.82) is 0 Å². The molecular formula is C25H19Cl2N7. The molecule has 0 amide bonds. The van der Waals surface area contributed by atoms with Crippen LogP contribution in [0.15, 0.2) is 85.1 Å². The highest BCUT2D eigenvalue weighted by atomic mass is 35.5. The maximum absolute atomic E-state index is 6.11. The van der Waals surface area contributed by atoms with E-state index >= 15 is 0 Å². The highest BCUT2D eigenvalue weighted by Gasteiger charge is 2.07. The molecule has 0 spiro atoms. The second-order valence-corrected chi connectivity index (χ2v) is 8.21. The lowest BCUT2D eigenvalue weighted by Crippen LogP contribution is -2.07. The second kappa shape index (κ2) is 9.91. The van der Waals surface area contributed by atoms with Crippen molar-refractivity contribution >= 4 is 63.1 Å². The van der Waals surface area contributed by atoms with Crippen molar-refractivity contribution in [3.05, 3.63) is 101 Å². The predicted molar refractivity (Wildman–Crippen MR) is 138 cm³/mol. The minimum Gasteiger partial charge on any atom is -0.355 e. The second-order valence-electron chi connectivity index (χ2n) is 7.44. The summed E-state index contributed by atoms with van der Waals surface area (Å²) >= 11 is 12.2. The first kappa shape index (κ1) is 21.9. The zero-order chi connectivity index (χ0) is 23.3. The number of pyridine rings is 1.